The van der Waals surface area contributed by atoms with Crippen molar-refractivity contribution >= 4 is 11.7 Å². The van der Waals surface area contributed by atoms with Gasteiger partial charge in [0.2, 0.25) is 0 Å². The third-order valence-corrected chi connectivity index (χ3v) is 3.13. The summed E-state index contributed by atoms with van der Waals surface area (Å²) >= 11 is 0. The zero-order valence-corrected chi connectivity index (χ0v) is 14.2. The number of carbonyl (C=O) groups is 1. The summed E-state index contributed by atoms with van der Waals surface area (Å²) in [5, 5.41) is 6.04. The number of nitrogens with one attached hydrogen (secondary N) is 2. The van der Waals surface area contributed by atoms with Gasteiger partial charge in [0, 0.05) is 36.3 Å². The normalized spacial score (nSPS) is 13.1. The van der Waals surface area contributed by atoms with Crippen LogP contribution < -0.4 is 10.6 Å². The van der Waals surface area contributed by atoms with E-state index in [2.05, 4.69) is 41.3 Å². The van der Waals surface area contributed by atoms with Crippen LogP contribution in [-0.2, 0) is 5.41 Å². The van der Waals surface area contributed by atoms with Crippen molar-refractivity contribution in [3.05, 3.63) is 23.4 Å². The molecule has 21 heavy (non-hydrogen) atoms. The van der Waals surface area contributed by atoms with Crippen LogP contribution >= 0.6 is 0 Å². The predicted octanol–water partition coefficient (Wildman–Crippen LogP) is 2.10. The average molecular weight is 292 g/mol. The van der Waals surface area contributed by atoms with Gasteiger partial charge in [-0.15, -0.1) is 0 Å². The van der Waals surface area contributed by atoms with Crippen LogP contribution in [-0.4, -0.2) is 49.5 Å². The molecule has 0 aliphatic rings. The molecule has 1 unspecified atom stereocenters. The van der Waals surface area contributed by atoms with Crippen molar-refractivity contribution in [3.8, 4) is 0 Å². The second-order valence-electron chi connectivity index (χ2n) is 6.76. The first kappa shape index (κ1) is 17.4. The minimum absolute atomic E-state index is 0.0613. The van der Waals surface area contributed by atoms with Gasteiger partial charge in [0.15, 0.2) is 0 Å². The van der Waals surface area contributed by atoms with Gasteiger partial charge in [-0.05, 0) is 33.2 Å². The smallest absolute Gasteiger partial charge is 0.251 e. The lowest BCUT2D eigenvalue weighted by Gasteiger charge is -2.21. The largest absolute Gasteiger partial charge is 0.373 e. The third-order valence-electron chi connectivity index (χ3n) is 3.13. The number of aromatic nitrogens is 1. The Morgan fingerprint density at radius 1 is 1.33 bits per heavy atom. The van der Waals surface area contributed by atoms with E-state index in [1.807, 2.05) is 34.1 Å². The maximum atomic E-state index is 12.4. The number of amides is 1. The van der Waals surface area contributed by atoms with Gasteiger partial charge in [0.05, 0.1) is 0 Å². The fraction of sp³-hybridized carbons (Fsp3) is 0.625. The predicted molar refractivity (Wildman–Crippen MR) is 88.0 cm³/mol. The maximum absolute atomic E-state index is 12.4. The van der Waals surface area contributed by atoms with Crippen LogP contribution in [0.25, 0.3) is 0 Å². The molecule has 0 aliphatic carbocycles. The van der Waals surface area contributed by atoms with Crippen LogP contribution in [0.4, 0.5) is 5.82 Å². The van der Waals surface area contributed by atoms with Gasteiger partial charge in [-0.2, -0.15) is 0 Å². The van der Waals surface area contributed by atoms with Gasteiger partial charge in [-0.3, -0.25) is 4.79 Å². The average Bonchev–Trinajstić information content (AvgIpc) is 2.35. The van der Waals surface area contributed by atoms with Gasteiger partial charge in [0.25, 0.3) is 5.91 Å². The zero-order valence-electron chi connectivity index (χ0n) is 14.2. The highest BCUT2D eigenvalue weighted by atomic mass is 16.1. The quantitative estimate of drug-likeness (QED) is 0.872. The molecule has 1 amide bonds. The molecule has 0 aliphatic heterocycles. The molecule has 0 spiro atoms. The second-order valence-corrected chi connectivity index (χ2v) is 6.76. The molecule has 2 N–H and O–H groups in total. The minimum atomic E-state index is -0.100. The van der Waals surface area contributed by atoms with Gasteiger partial charge < -0.3 is 15.5 Å². The van der Waals surface area contributed by atoms with E-state index in [0.717, 1.165) is 12.2 Å². The van der Waals surface area contributed by atoms with E-state index in [4.69, 9.17) is 0 Å². The monoisotopic (exact) mass is 292 g/mol. The number of likely N-dealkylation sites (N-methyl/N-ethyl adjacent to an activating group) is 1. The molecule has 1 aromatic heterocycles. The number of carbonyl (C=O) groups excluding carboxylic acids is 1. The summed E-state index contributed by atoms with van der Waals surface area (Å²) < 4.78 is 0. The van der Waals surface area contributed by atoms with E-state index in [1.54, 1.807) is 6.07 Å². The summed E-state index contributed by atoms with van der Waals surface area (Å²) in [6, 6.07) is 3.75. The lowest BCUT2D eigenvalue weighted by molar-refractivity contribution is 0.0934. The number of anilines is 1. The van der Waals surface area contributed by atoms with Crippen molar-refractivity contribution in [3.63, 3.8) is 0 Å². The molecule has 1 rings (SSSR count). The van der Waals surface area contributed by atoms with Crippen molar-refractivity contribution in [2.45, 2.75) is 39.2 Å². The van der Waals surface area contributed by atoms with Crippen molar-refractivity contribution < 1.29 is 4.79 Å². The highest BCUT2D eigenvalue weighted by Crippen LogP contribution is 2.23. The first-order valence-electron chi connectivity index (χ1n) is 7.29. The van der Waals surface area contributed by atoms with Crippen molar-refractivity contribution in [2.75, 3.05) is 33.0 Å². The van der Waals surface area contributed by atoms with Gasteiger partial charge >= 0.3 is 0 Å². The highest BCUT2D eigenvalue weighted by Gasteiger charge is 2.19. The van der Waals surface area contributed by atoms with Crippen molar-refractivity contribution in [1.82, 2.24) is 15.2 Å². The van der Waals surface area contributed by atoms with Gasteiger partial charge in [-0.25, -0.2) is 4.98 Å². The molecule has 0 fully saturated rings. The fourth-order valence-corrected chi connectivity index (χ4v) is 2.07. The SMILES string of the molecule is CNc1cc(C(=O)NC(C)CN(C)C)cc(C(C)(C)C)n1. The Morgan fingerprint density at radius 2 is 1.95 bits per heavy atom. The number of hydrogen-bond acceptors (Lipinski definition) is 4. The molecular weight excluding hydrogens is 264 g/mol. The van der Waals surface area contributed by atoms with Crippen LogP contribution in [0.15, 0.2) is 12.1 Å². The van der Waals surface area contributed by atoms with E-state index >= 15 is 0 Å². The van der Waals surface area contributed by atoms with Crippen LogP contribution in [0.2, 0.25) is 0 Å². The third kappa shape index (κ3) is 5.34. The molecule has 0 aromatic carbocycles. The summed E-state index contributed by atoms with van der Waals surface area (Å²) in [6.45, 7) is 9.08. The molecule has 0 radical (unpaired) electrons. The van der Waals surface area contributed by atoms with Crippen molar-refractivity contribution in [2.24, 2.45) is 0 Å². The van der Waals surface area contributed by atoms with Crippen LogP contribution in [0.1, 0.15) is 43.7 Å². The Morgan fingerprint density at radius 3 is 2.43 bits per heavy atom. The molecule has 5 nitrogen and oxygen atoms in total. The summed E-state index contributed by atoms with van der Waals surface area (Å²) in [6.07, 6.45) is 0. The Labute approximate surface area is 128 Å². The summed E-state index contributed by atoms with van der Waals surface area (Å²) in [5.41, 5.74) is 1.45. The van der Waals surface area contributed by atoms with Crippen LogP contribution in [0.5, 0.6) is 0 Å². The van der Waals surface area contributed by atoms with E-state index < -0.39 is 0 Å². The molecule has 1 atom stereocenters. The molecule has 1 heterocycles. The maximum Gasteiger partial charge on any atom is 0.251 e. The number of rotatable bonds is 5. The Kier molecular flexibility index (Phi) is 5.72. The van der Waals surface area contributed by atoms with Crippen LogP contribution in [0.3, 0.4) is 0 Å². The van der Waals surface area contributed by atoms with Gasteiger partial charge in [-0.1, -0.05) is 20.8 Å². The van der Waals surface area contributed by atoms with Gasteiger partial charge in [0.1, 0.15) is 5.82 Å². The lowest BCUT2D eigenvalue weighted by Crippen LogP contribution is -2.39. The first-order valence-corrected chi connectivity index (χ1v) is 7.29. The minimum Gasteiger partial charge on any atom is -0.373 e. The van der Waals surface area contributed by atoms with E-state index in [9.17, 15) is 4.79 Å². The number of nitrogens with zero attached hydrogens (tertiary/aromatic N) is 2. The summed E-state index contributed by atoms with van der Waals surface area (Å²) in [5.74, 6) is 0.654. The number of pyridine rings is 1. The summed E-state index contributed by atoms with van der Waals surface area (Å²) in [4.78, 5) is 19.0. The van der Waals surface area contributed by atoms with Crippen molar-refractivity contribution in [1.29, 1.82) is 0 Å². The topological polar surface area (TPSA) is 57.3 Å². The molecule has 118 valence electrons. The molecule has 0 bridgehead atoms. The summed E-state index contributed by atoms with van der Waals surface area (Å²) in [7, 11) is 5.79. The van der Waals surface area contributed by atoms with E-state index in [1.165, 1.54) is 0 Å². The number of hydrogen-bond donors (Lipinski definition) is 2. The first-order chi connectivity index (χ1) is 9.63. The molecular formula is C16H28N4O. The molecule has 5 heteroatoms. The Balaban J connectivity index is 2.98. The lowest BCUT2D eigenvalue weighted by atomic mass is 9.90. The molecule has 0 saturated heterocycles. The highest BCUT2D eigenvalue weighted by molar-refractivity contribution is 5.95. The fourth-order valence-electron chi connectivity index (χ4n) is 2.07. The van der Waals surface area contributed by atoms with E-state index in [0.29, 0.717) is 11.4 Å². The van der Waals surface area contributed by atoms with E-state index in [-0.39, 0.29) is 17.4 Å². The molecule has 1 aromatic rings. The molecule has 0 saturated carbocycles. The van der Waals surface area contributed by atoms with Crippen LogP contribution in [0, 0.1) is 0 Å². The zero-order chi connectivity index (χ0) is 16.2. The Hall–Kier alpha value is -1.62. The standard InChI is InChI=1S/C16H28N4O/c1-11(10-20(6)7)18-15(21)12-8-13(16(2,3)4)19-14(9-12)17-5/h8-9,11H,10H2,1-7H3,(H,17,19)(H,18,21). The second kappa shape index (κ2) is 6.89. The Bertz CT molecular complexity index is 492.